The summed E-state index contributed by atoms with van der Waals surface area (Å²) in [4.78, 5) is 0. The van der Waals surface area contributed by atoms with Gasteiger partial charge in [-0.2, -0.15) is 0 Å². The van der Waals surface area contributed by atoms with Gasteiger partial charge in [0, 0.05) is 11.5 Å². The van der Waals surface area contributed by atoms with Gasteiger partial charge in [0.1, 0.15) is 5.82 Å². The third kappa shape index (κ3) is 2.71. The molecule has 1 atom stereocenters. The average molecular weight is 381 g/mol. The van der Waals surface area contributed by atoms with Crippen LogP contribution in [0.2, 0.25) is 5.02 Å². The zero-order chi connectivity index (χ0) is 11.7. The van der Waals surface area contributed by atoms with Crippen LogP contribution in [-0.4, -0.2) is 15.8 Å². The summed E-state index contributed by atoms with van der Waals surface area (Å²) in [6.45, 7) is 0. The fraction of sp³-hybridized carbons (Fsp3) is 0.143. The largest absolute Gasteiger partial charge is 0.289 e. The number of rotatable bonds is 2. The van der Waals surface area contributed by atoms with E-state index in [1.165, 1.54) is 7.05 Å². The predicted molar refractivity (Wildman–Crippen MR) is 66.0 cm³/mol. The molecule has 15 heavy (non-hydrogen) atoms. The molecule has 84 valence electrons. The van der Waals surface area contributed by atoms with Gasteiger partial charge in [-0.25, -0.2) is 8.60 Å². The fourth-order valence-electron chi connectivity index (χ4n) is 0.923. The molecule has 0 amide bonds. The molecule has 1 aromatic rings. The first-order chi connectivity index (χ1) is 6.86. The standard InChI is InChI=1S/C7H5Br2ClFNO2S/c1-12(15(13)14)7-3(8)2-4(11)6(10)5(7)9/h2H,1H3,(H,13,14). The monoisotopic (exact) mass is 379 g/mol. The number of benzene rings is 1. The molecule has 1 aromatic carbocycles. The number of halogens is 4. The van der Waals surface area contributed by atoms with Crippen LogP contribution in [0.25, 0.3) is 0 Å². The maximum Gasteiger partial charge on any atom is 0.261 e. The molecule has 1 rings (SSSR count). The van der Waals surface area contributed by atoms with E-state index in [0.29, 0.717) is 10.2 Å². The second-order valence-corrected chi connectivity index (χ2v) is 5.58. The van der Waals surface area contributed by atoms with Crippen molar-refractivity contribution in [2.45, 2.75) is 0 Å². The molecular weight excluding hydrogens is 376 g/mol. The van der Waals surface area contributed by atoms with Crippen molar-refractivity contribution >= 4 is 60.4 Å². The third-order valence-corrected chi connectivity index (χ3v) is 4.26. The van der Waals surface area contributed by atoms with Crippen molar-refractivity contribution in [2.75, 3.05) is 11.4 Å². The highest BCUT2D eigenvalue weighted by atomic mass is 79.9. The first-order valence-corrected chi connectivity index (χ1v) is 6.56. The van der Waals surface area contributed by atoms with Gasteiger partial charge in [-0.1, -0.05) is 11.6 Å². The summed E-state index contributed by atoms with van der Waals surface area (Å²) in [6.07, 6.45) is 0. The molecule has 8 heteroatoms. The first-order valence-electron chi connectivity index (χ1n) is 3.54. The Morgan fingerprint density at radius 1 is 1.60 bits per heavy atom. The van der Waals surface area contributed by atoms with E-state index < -0.39 is 17.1 Å². The quantitative estimate of drug-likeness (QED) is 0.483. The van der Waals surface area contributed by atoms with Gasteiger partial charge in [0.15, 0.2) is 0 Å². The van der Waals surface area contributed by atoms with Crippen LogP contribution in [0.15, 0.2) is 15.0 Å². The number of hydrogen-bond donors (Lipinski definition) is 1. The summed E-state index contributed by atoms with van der Waals surface area (Å²) in [6, 6.07) is 1.13. The highest BCUT2D eigenvalue weighted by Crippen LogP contribution is 2.40. The van der Waals surface area contributed by atoms with Crippen LogP contribution in [0, 0.1) is 5.82 Å². The minimum Gasteiger partial charge on any atom is -0.289 e. The summed E-state index contributed by atoms with van der Waals surface area (Å²) in [5, 5.41) is -0.134. The molecule has 0 saturated heterocycles. The zero-order valence-electron chi connectivity index (χ0n) is 7.30. The lowest BCUT2D eigenvalue weighted by atomic mass is 10.3. The van der Waals surface area contributed by atoms with Crippen molar-refractivity contribution in [3.63, 3.8) is 0 Å². The summed E-state index contributed by atoms with van der Waals surface area (Å²) in [7, 11) is 1.38. The summed E-state index contributed by atoms with van der Waals surface area (Å²) in [5.74, 6) is -0.615. The van der Waals surface area contributed by atoms with Crippen molar-refractivity contribution in [3.05, 3.63) is 25.9 Å². The molecule has 0 saturated carbocycles. The Bertz CT molecular complexity index is 432. The molecular formula is C7H5Br2ClFNO2S. The Hall–Kier alpha value is 0.310. The van der Waals surface area contributed by atoms with Gasteiger partial charge in [0.2, 0.25) is 0 Å². The van der Waals surface area contributed by atoms with Gasteiger partial charge in [-0.3, -0.25) is 8.86 Å². The second-order valence-electron chi connectivity index (χ2n) is 2.54. The normalized spacial score (nSPS) is 12.7. The predicted octanol–water partition coefficient (Wildman–Crippen LogP) is 3.58. The zero-order valence-corrected chi connectivity index (χ0v) is 12.0. The summed E-state index contributed by atoms with van der Waals surface area (Å²) >= 11 is 9.60. The molecule has 0 heterocycles. The highest BCUT2D eigenvalue weighted by molar-refractivity contribution is 9.11. The summed E-state index contributed by atoms with van der Waals surface area (Å²) in [5.41, 5.74) is 0.308. The van der Waals surface area contributed by atoms with E-state index in [9.17, 15) is 8.60 Å². The molecule has 0 spiro atoms. The van der Waals surface area contributed by atoms with Gasteiger partial charge in [-0.05, 0) is 37.9 Å². The van der Waals surface area contributed by atoms with Crippen LogP contribution in [0.5, 0.6) is 0 Å². The van der Waals surface area contributed by atoms with Gasteiger partial charge < -0.3 is 0 Å². The average Bonchev–Trinajstić information content (AvgIpc) is 2.14. The molecule has 0 aliphatic heterocycles. The molecule has 0 fully saturated rings. The Labute approximate surface area is 110 Å². The molecule has 1 N–H and O–H groups in total. The first kappa shape index (κ1) is 13.4. The third-order valence-electron chi connectivity index (χ3n) is 1.64. The van der Waals surface area contributed by atoms with E-state index in [4.69, 9.17) is 16.2 Å². The Morgan fingerprint density at radius 3 is 2.60 bits per heavy atom. The lowest BCUT2D eigenvalue weighted by Gasteiger charge is -2.18. The molecule has 1 unspecified atom stereocenters. The maximum absolute atomic E-state index is 13.1. The molecule has 0 aliphatic carbocycles. The van der Waals surface area contributed by atoms with E-state index in [1.54, 1.807) is 0 Å². The highest BCUT2D eigenvalue weighted by Gasteiger charge is 2.19. The summed E-state index contributed by atoms with van der Waals surface area (Å²) < 4.78 is 34.5. The van der Waals surface area contributed by atoms with Crippen LogP contribution >= 0.6 is 43.5 Å². The Kier molecular flexibility index (Phi) is 4.54. The molecule has 0 bridgehead atoms. The van der Waals surface area contributed by atoms with E-state index in [-0.39, 0.29) is 9.50 Å². The minimum atomic E-state index is -2.20. The van der Waals surface area contributed by atoms with E-state index in [0.717, 1.165) is 10.4 Å². The van der Waals surface area contributed by atoms with Crippen molar-refractivity contribution in [1.29, 1.82) is 0 Å². The molecule has 0 radical (unpaired) electrons. The topological polar surface area (TPSA) is 40.5 Å². The van der Waals surface area contributed by atoms with Gasteiger partial charge >= 0.3 is 0 Å². The van der Waals surface area contributed by atoms with E-state index >= 15 is 0 Å². The van der Waals surface area contributed by atoms with Crippen LogP contribution in [0.1, 0.15) is 0 Å². The van der Waals surface area contributed by atoms with Gasteiger partial charge in [0.25, 0.3) is 11.3 Å². The molecule has 0 aromatic heterocycles. The second kappa shape index (κ2) is 5.09. The van der Waals surface area contributed by atoms with Crippen molar-refractivity contribution in [2.24, 2.45) is 0 Å². The number of hydrogen-bond acceptors (Lipinski definition) is 1. The lowest BCUT2D eigenvalue weighted by molar-refractivity contribution is 0.562. The molecule has 3 nitrogen and oxygen atoms in total. The van der Waals surface area contributed by atoms with E-state index in [2.05, 4.69) is 31.9 Å². The number of anilines is 1. The smallest absolute Gasteiger partial charge is 0.261 e. The van der Waals surface area contributed by atoms with Gasteiger partial charge in [-0.15, -0.1) is 0 Å². The van der Waals surface area contributed by atoms with Crippen molar-refractivity contribution < 1.29 is 13.2 Å². The van der Waals surface area contributed by atoms with Crippen LogP contribution < -0.4 is 4.31 Å². The maximum atomic E-state index is 13.1. The Morgan fingerprint density at radius 2 is 2.13 bits per heavy atom. The van der Waals surface area contributed by atoms with Crippen LogP contribution in [-0.2, 0) is 11.3 Å². The number of nitrogens with zero attached hydrogens (tertiary/aromatic N) is 1. The van der Waals surface area contributed by atoms with E-state index in [1.807, 2.05) is 0 Å². The van der Waals surface area contributed by atoms with Crippen LogP contribution in [0.4, 0.5) is 10.1 Å². The van der Waals surface area contributed by atoms with Crippen molar-refractivity contribution in [3.8, 4) is 0 Å². The fourth-order valence-corrected chi connectivity index (χ4v) is 3.25. The SMILES string of the molecule is CN(c1c(Br)cc(F)c(Cl)c1Br)S(=O)O. The minimum absolute atomic E-state index is 0.134. The molecule has 0 aliphatic rings. The van der Waals surface area contributed by atoms with Crippen LogP contribution in [0.3, 0.4) is 0 Å². The van der Waals surface area contributed by atoms with Gasteiger partial charge in [0.05, 0.1) is 15.2 Å². The Balaban J connectivity index is 3.42. The lowest BCUT2D eigenvalue weighted by Crippen LogP contribution is -2.20. The van der Waals surface area contributed by atoms with Crippen molar-refractivity contribution in [1.82, 2.24) is 0 Å².